The first-order valence-corrected chi connectivity index (χ1v) is 5.34. The highest BCUT2D eigenvalue weighted by Gasteiger charge is 2.15. The zero-order chi connectivity index (χ0) is 10.7. The van der Waals surface area contributed by atoms with Crippen molar-refractivity contribution < 1.29 is 4.79 Å². The molecule has 80 valence electrons. The molecule has 1 aliphatic rings. The van der Waals surface area contributed by atoms with Crippen LogP contribution in [0, 0.1) is 0 Å². The van der Waals surface area contributed by atoms with E-state index in [9.17, 15) is 4.79 Å². The second kappa shape index (κ2) is 4.45. The molecule has 0 bridgehead atoms. The van der Waals surface area contributed by atoms with Crippen molar-refractivity contribution in [1.82, 2.24) is 5.32 Å². The Morgan fingerprint density at radius 3 is 2.67 bits per heavy atom. The summed E-state index contributed by atoms with van der Waals surface area (Å²) >= 11 is 0. The number of anilines is 1. The van der Waals surface area contributed by atoms with E-state index in [1.165, 1.54) is 18.9 Å². The van der Waals surface area contributed by atoms with E-state index in [-0.39, 0.29) is 5.91 Å². The van der Waals surface area contributed by atoms with Crippen LogP contribution in [0.3, 0.4) is 0 Å². The van der Waals surface area contributed by atoms with Crippen LogP contribution in [0.1, 0.15) is 24.8 Å². The maximum atomic E-state index is 10.8. The summed E-state index contributed by atoms with van der Waals surface area (Å²) < 4.78 is 0. The Kier molecular flexibility index (Phi) is 3.02. The highest BCUT2D eigenvalue weighted by Crippen LogP contribution is 2.23. The van der Waals surface area contributed by atoms with E-state index in [1.807, 2.05) is 12.1 Å². The first-order chi connectivity index (χ1) is 7.25. The van der Waals surface area contributed by atoms with Crippen molar-refractivity contribution in [2.24, 2.45) is 0 Å². The topological polar surface area (TPSA) is 41.1 Å². The van der Waals surface area contributed by atoms with Crippen LogP contribution in [0.15, 0.2) is 24.3 Å². The van der Waals surface area contributed by atoms with Crippen molar-refractivity contribution in [3.8, 4) is 0 Å². The first-order valence-electron chi connectivity index (χ1n) is 5.34. The molecule has 1 heterocycles. The molecule has 1 aliphatic heterocycles. The van der Waals surface area contributed by atoms with Gasteiger partial charge in [0.1, 0.15) is 0 Å². The van der Waals surface area contributed by atoms with Gasteiger partial charge in [-0.2, -0.15) is 0 Å². The van der Waals surface area contributed by atoms with Crippen LogP contribution in [0.25, 0.3) is 0 Å². The Morgan fingerprint density at radius 1 is 1.40 bits per heavy atom. The van der Waals surface area contributed by atoms with Gasteiger partial charge in [0.25, 0.3) is 0 Å². The minimum atomic E-state index is -0.0229. The van der Waals surface area contributed by atoms with Crippen LogP contribution >= 0.6 is 0 Å². The predicted octanol–water partition coefficient (Wildman–Crippen LogP) is 1.72. The van der Waals surface area contributed by atoms with Crippen LogP contribution in [0.5, 0.6) is 0 Å². The van der Waals surface area contributed by atoms with E-state index in [0.717, 1.165) is 18.8 Å². The Hall–Kier alpha value is -1.35. The van der Waals surface area contributed by atoms with E-state index < -0.39 is 0 Å². The number of carbonyl (C=O) groups excluding carboxylic acids is 1. The van der Waals surface area contributed by atoms with Crippen LogP contribution in [-0.4, -0.2) is 19.0 Å². The molecule has 1 unspecified atom stereocenters. The average molecular weight is 204 g/mol. The van der Waals surface area contributed by atoms with Crippen molar-refractivity contribution in [2.75, 3.05) is 18.4 Å². The summed E-state index contributed by atoms with van der Waals surface area (Å²) in [6, 6.07) is 8.13. The smallest absolute Gasteiger partial charge is 0.221 e. The van der Waals surface area contributed by atoms with Gasteiger partial charge in [0.05, 0.1) is 0 Å². The number of benzene rings is 1. The number of rotatable bonds is 2. The van der Waals surface area contributed by atoms with E-state index in [2.05, 4.69) is 22.8 Å². The van der Waals surface area contributed by atoms with Crippen molar-refractivity contribution in [1.29, 1.82) is 0 Å². The van der Waals surface area contributed by atoms with Gasteiger partial charge in [-0.15, -0.1) is 0 Å². The summed E-state index contributed by atoms with van der Waals surface area (Å²) in [5.74, 6) is 0.613. The molecule has 1 fully saturated rings. The molecule has 1 saturated heterocycles. The number of carbonyl (C=O) groups is 1. The minimum Gasteiger partial charge on any atom is -0.326 e. The standard InChI is InChI=1S/C12H16N2O/c1-9(15)14-12-4-2-10(3-5-12)11-6-7-13-8-11/h2-5,11,13H,6-8H2,1H3,(H,14,15). The molecular formula is C12H16N2O. The highest BCUT2D eigenvalue weighted by atomic mass is 16.1. The third kappa shape index (κ3) is 2.57. The molecule has 0 saturated carbocycles. The van der Waals surface area contributed by atoms with Crippen molar-refractivity contribution >= 4 is 11.6 Å². The largest absolute Gasteiger partial charge is 0.326 e. The zero-order valence-electron chi connectivity index (χ0n) is 8.92. The van der Waals surface area contributed by atoms with Crippen molar-refractivity contribution in [3.05, 3.63) is 29.8 Å². The molecule has 3 nitrogen and oxygen atoms in total. The number of hydrogen-bond acceptors (Lipinski definition) is 2. The van der Waals surface area contributed by atoms with Crippen LogP contribution < -0.4 is 10.6 Å². The Bertz CT molecular complexity index is 339. The van der Waals surface area contributed by atoms with Crippen LogP contribution in [0.4, 0.5) is 5.69 Å². The Balaban J connectivity index is 2.06. The molecule has 2 rings (SSSR count). The monoisotopic (exact) mass is 204 g/mol. The van der Waals surface area contributed by atoms with Crippen LogP contribution in [-0.2, 0) is 4.79 Å². The third-order valence-electron chi connectivity index (χ3n) is 2.76. The maximum Gasteiger partial charge on any atom is 0.221 e. The second-order valence-corrected chi connectivity index (χ2v) is 3.99. The third-order valence-corrected chi connectivity index (χ3v) is 2.76. The second-order valence-electron chi connectivity index (χ2n) is 3.99. The molecule has 1 amide bonds. The lowest BCUT2D eigenvalue weighted by molar-refractivity contribution is -0.114. The normalized spacial score (nSPS) is 20.2. The molecule has 2 N–H and O–H groups in total. The summed E-state index contributed by atoms with van der Waals surface area (Å²) in [7, 11) is 0. The zero-order valence-corrected chi connectivity index (χ0v) is 8.92. The summed E-state index contributed by atoms with van der Waals surface area (Å²) in [4.78, 5) is 10.8. The molecule has 1 atom stereocenters. The molecule has 3 heteroatoms. The maximum absolute atomic E-state index is 10.8. The van der Waals surface area contributed by atoms with Gasteiger partial charge in [-0.3, -0.25) is 4.79 Å². The molecule has 1 aromatic carbocycles. The van der Waals surface area contributed by atoms with Gasteiger partial charge in [0, 0.05) is 19.2 Å². The molecule has 0 spiro atoms. The Morgan fingerprint density at radius 2 is 2.13 bits per heavy atom. The lowest BCUT2D eigenvalue weighted by Gasteiger charge is -2.09. The van der Waals surface area contributed by atoms with E-state index in [1.54, 1.807) is 0 Å². The van der Waals surface area contributed by atoms with Gasteiger partial charge < -0.3 is 10.6 Å². The molecular weight excluding hydrogens is 188 g/mol. The Labute approximate surface area is 89.9 Å². The van der Waals surface area contributed by atoms with Crippen molar-refractivity contribution in [2.45, 2.75) is 19.3 Å². The number of hydrogen-bond donors (Lipinski definition) is 2. The van der Waals surface area contributed by atoms with Gasteiger partial charge in [-0.1, -0.05) is 12.1 Å². The summed E-state index contributed by atoms with van der Waals surface area (Å²) in [6.07, 6.45) is 1.21. The molecule has 1 aromatic rings. The van der Waals surface area contributed by atoms with Crippen molar-refractivity contribution in [3.63, 3.8) is 0 Å². The first kappa shape index (κ1) is 10.2. The lowest BCUT2D eigenvalue weighted by Crippen LogP contribution is -2.08. The van der Waals surface area contributed by atoms with E-state index in [0.29, 0.717) is 5.92 Å². The van der Waals surface area contributed by atoms with Crippen LogP contribution in [0.2, 0.25) is 0 Å². The van der Waals surface area contributed by atoms with E-state index in [4.69, 9.17) is 0 Å². The molecule has 0 aromatic heterocycles. The van der Waals surface area contributed by atoms with Gasteiger partial charge in [-0.25, -0.2) is 0 Å². The van der Waals surface area contributed by atoms with Gasteiger partial charge >= 0.3 is 0 Å². The number of nitrogens with one attached hydrogen (secondary N) is 2. The van der Waals surface area contributed by atoms with Gasteiger partial charge in [0.15, 0.2) is 0 Å². The summed E-state index contributed by atoms with van der Waals surface area (Å²) in [5.41, 5.74) is 2.23. The van der Waals surface area contributed by atoms with Gasteiger partial charge in [0.2, 0.25) is 5.91 Å². The van der Waals surface area contributed by atoms with Gasteiger partial charge in [-0.05, 0) is 36.6 Å². The fourth-order valence-electron chi connectivity index (χ4n) is 1.98. The average Bonchev–Trinajstić information content (AvgIpc) is 2.71. The predicted molar refractivity (Wildman–Crippen MR) is 61.0 cm³/mol. The fraction of sp³-hybridized carbons (Fsp3) is 0.417. The quantitative estimate of drug-likeness (QED) is 0.770. The molecule has 0 aliphatic carbocycles. The highest BCUT2D eigenvalue weighted by molar-refractivity contribution is 5.88. The SMILES string of the molecule is CC(=O)Nc1ccc(C2CCNC2)cc1. The molecule has 15 heavy (non-hydrogen) atoms. The lowest BCUT2D eigenvalue weighted by atomic mass is 9.98. The van der Waals surface area contributed by atoms with E-state index >= 15 is 0 Å². The molecule has 0 radical (unpaired) electrons. The number of amides is 1. The summed E-state index contributed by atoms with van der Waals surface area (Å²) in [5, 5.41) is 6.12. The fourth-order valence-corrected chi connectivity index (χ4v) is 1.98. The summed E-state index contributed by atoms with van der Waals surface area (Å²) in [6.45, 7) is 3.70. The minimum absolute atomic E-state index is 0.0229.